The molecule has 3 aromatic carbocycles. The molecular weight excluding hydrogens is 610 g/mol. The standard InChI is InChI=1S/C34H30ClN5O4S/c1-38-19-15-28-29-20-24(25-6-5-18-36-22-25)11-14-30(29)39(31(28)32(38)41)26-12-9-23(10-13-26)21-34(16-17-34)37-33(42)40(35)45(43,44)27-7-3-2-4-8-27/h2-14,18,20,22H,15-17,19,21H2,1H3,(H,37,42). The molecule has 45 heavy (non-hydrogen) atoms. The van der Waals surface area contributed by atoms with Gasteiger partial charge < -0.3 is 14.8 Å². The van der Waals surface area contributed by atoms with E-state index in [-0.39, 0.29) is 14.6 Å². The molecule has 1 aliphatic carbocycles. The van der Waals surface area contributed by atoms with Crippen molar-refractivity contribution < 1.29 is 18.0 Å². The van der Waals surface area contributed by atoms with Gasteiger partial charge in [-0.1, -0.05) is 42.5 Å². The summed E-state index contributed by atoms with van der Waals surface area (Å²) < 4.78 is 27.9. The Morgan fingerprint density at radius 2 is 1.76 bits per heavy atom. The molecule has 0 atom stereocenters. The first kappa shape index (κ1) is 29.1. The normalized spacial score (nSPS) is 15.5. The van der Waals surface area contributed by atoms with Crippen LogP contribution >= 0.6 is 11.8 Å². The van der Waals surface area contributed by atoms with Crippen LogP contribution in [0.5, 0.6) is 0 Å². The first-order chi connectivity index (χ1) is 21.7. The Labute approximate surface area is 266 Å². The maximum atomic E-state index is 13.5. The van der Waals surface area contributed by atoms with Crippen LogP contribution in [0.15, 0.2) is 102 Å². The lowest BCUT2D eigenvalue weighted by Gasteiger charge is -2.24. The van der Waals surface area contributed by atoms with Crippen molar-refractivity contribution in [3.8, 4) is 16.8 Å². The Morgan fingerprint density at radius 3 is 2.44 bits per heavy atom. The van der Waals surface area contributed by atoms with Crippen LogP contribution in [-0.4, -0.2) is 57.8 Å². The second-order valence-corrected chi connectivity index (χ2v) is 14.0. The van der Waals surface area contributed by atoms with E-state index in [2.05, 4.69) is 28.5 Å². The number of aromatic nitrogens is 2. The number of pyridine rings is 1. The molecule has 0 spiro atoms. The summed E-state index contributed by atoms with van der Waals surface area (Å²) in [5.74, 6) is -0.0183. The Kier molecular flexibility index (Phi) is 7.13. The van der Waals surface area contributed by atoms with Crippen LogP contribution in [0.2, 0.25) is 0 Å². The average Bonchev–Trinajstić information content (AvgIpc) is 3.73. The fraction of sp³-hybridized carbons (Fsp3) is 0.206. The topological polar surface area (TPSA) is 105 Å². The Bertz CT molecular complexity index is 2040. The van der Waals surface area contributed by atoms with Crippen molar-refractivity contribution in [2.75, 3.05) is 13.6 Å². The molecule has 1 aliphatic heterocycles. The van der Waals surface area contributed by atoms with Gasteiger partial charge in [-0.3, -0.25) is 9.78 Å². The van der Waals surface area contributed by atoms with E-state index in [9.17, 15) is 18.0 Å². The van der Waals surface area contributed by atoms with Gasteiger partial charge in [-0.2, -0.15) is 8.42 Å². The summed E-state index contributed by atoms with van der Waals surface area (Å²) in [6.07, 6.45) is 6.26. The van der Waals surface area contributed by atoms with Gasteiger partial charge in [0.15, 0.2) is 0 Å². The van der Waals surface area contributed by atoms with Gasteiger partial charge in [0, 0.05) is 59.9 Å². The summed E-state index contributed by atoms with van der Waals surface area (Å²) in [6.45, 7) is 0.654. The molecule has 0 saturated heterocycles. The summed E-state index contributed by atoms with van der Waals surface area (Å²) >= 11 is 6.04. The fourth-order valence-electron chi connectivity index (χ4n) is 6.09. The number of likely N-dealkylation sites (N-methyl/N-ethyl adjacent to an activating group) is 1. The van der Waals surface area contributed by atoms with E-state index >= 15 is 0 Å². The maximum absolute atomic E-state index is 13.5. The molecule has 1 fully saturated rings. The lowest BCUT2D eigenvalue weighted by Crippen LogP contribution is -2.45. The minimum atomic E-state index is -4.19. The highest BCUT2D eigenvalue weighted by atomic mass is 35.5. The molecule has 1 N–H and O–H groups in total. The fourth-order valence-corrected chi connectivity index (χ4v) is 7.32. The van der Waals surface area contributed by atoms with E-state index in [4.69, 9.17) is 11.8 Å². The molecule has 2 aliphatic rings. The smallest absolute Gasteiger partial charge is 0.340 e. The van der Waals surface area contributed by atoms with Gasteiger partial charge >= 0.3 is 6.03 Å². The molecular formula is C34H30ClN5O4S. The van der Waals surface area contributed by atoms with Crippen LogP contribution in [0, 0.1) is 0 Å². The number of nitrogens with zero attached hydrogens (tertiary/aromatic N) is 4. The predicted molar refractivity (Wildman–Crippen MR) is 173 cm³/mol. The van der Waals surface area contributed by atoms with Crippen molar-refractivity contribution in [3.63, 3.8) is 0 Å². The molecule has 3 heterocycles. The third-order valence-electron chi connectivity index (χ3n) is 8.69. The number of fused-ring (bicyclic) bond motifs is 3. The zero-order chi connectivity index (χ0) is 31.3. The summed E-state index contributed by atoms with van der Waals surface area (Å²) in [5.41, 5.74) is 5.96. The second kappa shape index (κ2) is 11.0. The quantitative estimate of drug-likeness (QED) is 0.222. The van der Waals surface area contributed by atoms with Gasteiger partial charge in [0.25, 0.3) is 15.9 Å². The summed E-state index contributed by atoms with van der Waals surface area (Å²) in [7, 11) is -2.36. The van der Waals surface area contributed by atoms with E-state index in [1.165, 1.54) is 12.1 Å². The molecule has 0 bridgehead atoms. The van der Waals surface area contributed by atoms with E-state index in [1.54, 1.807) is 29.3 Å². The van der Waals surface area contributed by atoms with Crippen molar-refractivity contribution in [1.82, 2.24) is 23.6 Å². The first-order valence-electron chi connectivity index (χ1n) is 14.7. The van der Waals surface area contributed by atoms with Gasteiger partial charge in [-0.05, 0) is 84.8 Å². The first-order valence-corrected chi connectivity index (χ1v) is 16.5. The Morgan fingerprint density at radius 1 is 1.00 bits per heavy atom. The summed E-state index contributed by atoms with van der Waals surface area (Å²) in [5, 5.41) is 3.89. The Balaban J connectivity index is 1.16. The van der Waals surface area contributed by atoms with Gasteiger partial charge in [-0.15, -0.1) is 3.82 Å². The molecule has 7 rings (SSSR count). The van der Waals surface area contributed by atoms with Gasteiger partial charge in [0.2, 0.25) is 0 Å². The van der Waals surface area contributed by atoms with Gasteiger partial charge in [0.05, 0.1) is 10.4 Å². The number of benzene rings is 3. The van der Waals surface area contributed by atoms with Crippen LogP contribution in [0.4, 0.5) is 4.79 Å². The molecule has 228 valence electrons. The number of carbonyl (C=O) groups excluding carboxylic acids is 2. The zero-order valence-corrected chi connectivity index (χ0v) is 26.1. The summed E-state index contributed by atoms with van der Waals surface area (Å²) in [4.78, 5) is 32.4. The minimum Gasteiger partial charge on any atom is -0.340 e. The number of hydrogen-bond donors (Lipinski definition) is 1. The average molecular weight is 640 g/mol. The summed E-state index contributed by atoms with van der Waals surface area (Å²) in [6, 6.07) is 24.9. The zero-order valence-electron chi connectivity index (χ0n) is 24.5. The number of rotatable bonds is 7. The molecule has 9 nitrogen and oxygen atoms in total. The SMILES string of the molecule is CN1CCc2c(n(-c3ccc(CC4(NC(=O)N(Cl)S(=O)(=O)c5ccccc5)CC4)cc3)c3ccc(-c4cccnc4)cc23)C1=O. The highest BCUT2D eigenvalue weighted by Gasteiger charge is 2.46. The van der Waals surface area contributed by atoms with Crippen LogP contribution < -0.4 is 5.32 Å². The number of hydrogen-bond acceptors (Lipinski definition) is 5. The molecule has 1 saturated carbocycles. The monoisotopic (exact) mass is 639 g/mol. The van der Waals surface area contributed by atoms with E-state index in [1.807, 2.05) is 54.2 Å². The molecule has 5 aromatic rings. The third-order valence-corrected chi connectivity index (χ3v) is 10.8. The largest absolute Gasteiger partial charge is 0.347 e. The number of amides is 3. The molecule has 11 heteroatoms. The van der Waals surface area contributed by atoms with Crippen molar-refractivity contribution in [3.05, 3.63) is 114 Å². The second-order valence-electron chi connectivity index (χ2n) is 11.7. The van der Waals surface area contributed by atoms with E-state index in [0.717, 1.165) is 45.3 Å². The lowest BCUT2D eigenvalue weighted by molar-refractivity contribution is 0.0773. The third kappa shape index (κ3) is 5.23. The van der Waals surface area contributed by atoms with Crippen LogP contribution in [-0.2, 0) is 22.9 Å². The number of sulfonamides is 1. The minimum absolute atomic E-state index is 0.0183. The molecule has 3 amide bonds. The van der Waals surface area contributed by atoms with Crippen molar-refractivity contribution in [1.29, 1.82) is 0 Å². The number of carbonyl (C=O) groups is 2. The van der Waals surface area contributed by atoms with Crippen molar-refractivity contribution in [2.45, 2.75) is 36.1 Å². The van der Waals surface area contributed by atoms with E-state index in [0.29, 0.717) is 31.5 Å². The lowest BCUT2D eigenvalue weighted by atomic mass is 10.00. The van der Waals surface area contributed by atoms with Crippen LogP contribution in [0.25, 0.3) is 27.7 Å². The van der Waals surface area contributed by atoms with Crippen molar-refractivity contribution >= 4 is 44.6 Å². The molecule has 0 unspecified atom stereocenters. The predicted octanol–water partition coefficient (Wildman–Crippen LogP) is 5.95. The van der Waals surface area contributed by atoms with Gasteiger partial charge in [0.1, 0.15) is 5.69 Å². The highest BCUT2D eigenvalue weighted by molar-refractivity contribution is 7.90. The molecule has 2 aromatic heterocycles. The van der Waals surface area contributed by atoms with E-state index < -0.39 is 21.6 Å². The Hall–Kier alpha value is -4.67. The number of halogens is 1. The molecule has 0 radical (unpaired) electrons. The number of urea groups is 1. The van der Waals surface area contributed by atoms with Crippen LogP contribution in [0.1, 0.15) is 34.5 Å². The van der Waals surface area contributed by atoms with Gasteiger partial charge in [-0.25, -0.2) is 4.79 Å². The van der Waals surface area contributed by atoms with Crippen LogP contribution in [0.3, 0.4) is 0 Å². The van der Waals surface area contributed by atoms with Crippen molar-refractivity contribution in [2.24, 2.45) is 0 Å². The maximum Gasteiger partial charge on any atom is 0.347 e. The number of nitrogens with one attached hydrogen (secondary N) is 1. The highest BCUT2D eigenvalue weighted by Crippen LogP contribution is 2.40.